The molecule has 0 aromatic rings. The molecule has 0 heterocycles. The Morgan fingerprint density at radius 3 is 1.91 bits per heavy atom. The Balaban J connectivity index is 0. The van der Waals surface area contributed by atoms with Crippen molar-refractivity contribution in [2.24, 2.45) is 11.7 Å². The first-order chi connectivity index (χ1) is 4.95. The van der Waals surface area contributed by atoms with Crippen molar-refractivity contribution >= 4 is 5.91 Å². The first-order valence-electron chi connectivity index (χ1n) is 3.23. The first kappa shape index (κ1) is 12.8. The van der Waals surface area contributed by atoms with Gasteiger partial charge in [-0.1, -0.05) is 6.58 Å². The van der Waals surface area contributed by atoms with Crippen LogP contribution in [-0.2, 0) is 4.79 Å². The molecule has 0 aromatic heterocycles. The highest BCUT2D eigenvalue weighted by Gasteiger charge is 2.10. The fourth-order valence-electron chi connectivity index (χ4n) is 0.421. The normalized spacial score (nSPS) is 9.18. The second kappa shape index (κ2) is 5.88. The molecule has 1 amide bonds. The summed E-state index contributed by atoms with van der Waals surface area (Å²) in [5, 5.41) is 2.71. The lowest BCUT2D eigenvalue weighted by atomic mass is 10.1. The molecule has 0 aliphatic heterocycles. The van der Waals surface area contributed by atoms with E-state index in [2.05, 4.69) is 23.6 Å². The molecule has 0 saturated heterocycles. The van der Waals surface area contributed by atoms with Crippen LogP contribution in [-0.4, -0.2) is 11.4 Å². The maximum atomic E-state index is 10.6. The standard InChI is InChI=1S/C7H13NO.H4N2/c1-5-6(9)8-7(2,3)4;1-2/h5H,1H2,2-4H3,(H,8,9);1-2H2. The average Bonchev–Trinajstić information content (AvgIpc) is 1.89. The summed E-state index contributed by atoms with van der Waals surface area (Å²) in [6.07, 6.45) is 1.27. The van der Waals surface area contributed by atoms with E-state index in [1.54, 1.807) is 0 Å². The summed E-state index contributed by atoms with van der Waals surface area (Å²) < 4.78 is 0. The van der Waals surface area contributed by atoms with Crippen molar-refractivity contribution in [3.8, 4) is 0 Å². The summed E-state index contributed by atoms with van der Waals surface area (Å²) in [5.41, 5.74) is -0.148. The van der Waals surface area contributed by atoms with Crippen molar-refractivity contribution in [2.75, 3.05) is 0 Å². The Labute approximate surface area is 67.6 Å². The number of nitrogens with one attached hydrogen (secondary N) is 1. The van der Waals surface area contributed by atoms with Gasteiger partial charge in [-0.25, -0.2) is 0 Å². The molecule has 0 unspecified atom stereocenters. The van der Waals surface area contributed by atoms with E-state index in [-0.39, 0.29) is 11.4 Å². The number of hydrogen-bond acceptors (Lipinski definition) is 3. The lowest BCUT2D eigenvalue weighted by Gasteiger charge is -2.18. The molecule has 0 atom stereocenters. The van der Waals surface area contributed by atoms with E-state index in [1.165, 1.54) is 6.08 Å². The van der Waals surface area contributed by atoms with Crippen LogP contribution in [0, 0.1) is 0 Å². The van der Waals surface area contributed by atoms with Gasteiger partial charge in [0.15, 0.2) is 0 Å². The molecular formula is C7H17N3O. The molecule has 5 N–H and O–H groups in total. The Kier molecular flexibility index (Phi) is 6.83. The van der Waals surface area contributed by atoms with E-state index < -0.39 is 0 Å². The summed E-state index contributed by atoms with van der Waals surface area (Å²) in [7, 11) is 0. The van der Waals surface area contributed by atoms with Gasteiger partial charge in [-0.2, -0.15) is 0 Å². The van der Waals surface area contributed by atoms with Crippen molar-refractivity contribution in [3.63, 3.8) is 0 Å². The quantitative estimate of drug-likeness (QED) is 0.284. The number of amides is 1. The minimum Gasteiger partial charge on any atom is -0.348 e. The van der Waals surface area contributed by atoms with Gasteiger partial charge < -0.3 is 5.32 Å². The average molecular weight is 159 g/mol. The highest BCUT2D eigenvalue weighted by atomic mass is 16.1. The van der Waals surface area contributed by atoms with Gasteiger partial charge in [-0.05, 0) is 26.8 Å². The third-order valence-corrected chi connectivity index (χ3v) is 0.684. The Morgan fingerprint density at radius 1 is 1.45 bits per heavy atom. The van der Waals surface area contributed by atoms with Crippen LogP contribution < -0.4 is 17.0 Å². The van der Waals surface area contributed by atoms with Crippen LogP contribution in [0.3, 0.4) is 0 Å². The zero-order valence-corrected chi connectivity index (χ0v) is 7.35. The molecule has 0 spiro atoms. The lowest BCUT2D eigenvalue weighted by Crippen LogP contribution is -2.39. The Hall–Kier alpha value is -0.870. The lowest BCUT2D eigenvalue weighted by molar-refractivity contribution is -0.117. The predicted octanol–water partition coefficient (Wildman–Crippen LogP) is -0.0941. The number of rotatable bonds is 1. The van der Waals surface area contributed by atoms with E-state index in [0.717, 1.165) is 0 Å². The molecule has 0 radical (unpaired) electrons. The fraction of sp³-hybridized carbons (Fsp3) is 0.571. The predicted molar refractivity (Wildman–Crippen MR) is 46.5 cm³/mol. The molecule has 66 valence electrons. The smallest absolute Gasteiger partial charge is 0.243 e. The van der Waals surface area contributed by atoms with Gasteiger partial charge in [0.25, 0.3) is 0 Å². The SMILES string of the molecule is C=CC(=O)NC(C)(C)C.NN. The zero-order valence-electron chi connectivity index (χ0n) is 7.35. The second-order valence-corrected chi connectivity index (χ2v) is 2.94. The van der Waals surface area contributed by atoms with E-state index in [4.69, 9.17) is 0 Å². The molecule has 0 aliphatic carbocycles. The zero-order chi connectivity index (χ0) is 9.49. The maximum Gasteiger partial charge on any atom is 0.243 e. The summed E-state index contributed by atoms with van der Waals surface area (Å²) in [5.74, 6) is 7.88. The number of carbonyl (C=O) groups is 1. The van der Waals surface area contributed by atoms with Crippen LogP contribution in [0.2, 0.25) is 0 Å². The number of carbonyl (C=O) groups excluding carboxylic acids is 1. The minimum atomic E-state index is -0.148. The van der Waals surface area contributed by atoms with Crippen LogP contribution in [0.4, 0.5) is 0 Å². The summed E-state index contributed by atoms with van der Waals surface area (Å²) in [6, 6.07) is 0. The third kappa shape index (κ3) is 12.4. The molecule has 0 bridgehead atoms. The molecule has 0 aromatic carbocycles. The van der Waals surface area contributed by atoms with Crippen LogP contribution >= 0.6 is 0 Å². The van der Waals surface area contributed by atoms with Crippen molar-refractivity contribution in [3.05, 3.63) is 12.7 Å². The van der Waals surface area contributed by atoms with Crippen LogP contribution in [0.5, 0.6) is 0 Å². The van der Waals surface area contributed by atoms with Gasteiger partial charge in [0.2, 0.25) is 5.91 Å². The van der Waals surface area contributed by atoms with Gasteiger partial charge in [-0.3, -0.25) is 16.5 Å². The molecular weight excluding hydrogens is 142 g/mol. The molecule has 4 heteroatoms. The number of hydrogen-bond donors (Lipinski definition) is 3. The van der Waals surface area contributed by atoms with E-state index >= 15 is 0 Å². The molecule has 0 saturated carbocycles. The van der Waals surface area contributed by atoms with Gasteiger partial charge in [0.05, 0.1) is 0 Å². The fourth-order valence-corrected chi connectivity index (χ4v) is 0.421. The van der Waals surface area contributed by atoms with Gasteiger partial charge >= 0.3 is 0 Å². The first-order valence-corrected chi connectivity index (χ1v) is 3.23. The van der Waals surface area contributed by atoms with Crippen LogP contribution in [0.1, 0.15) is 20.8 Å². The van der Waals surface area contributed by atoms with Gasteiger partial charge in [0.1, 0.15) is 0 Å². The van der Waals surface area contributed by atoms with Crippen molar-refractivity contribution < 1.29 is 4.79 Å². The molecule has 0 rings (SSSR count). The monoisotopic (exact) mass is 159 g/mol. The van der Waals surface area contributed by atoms with E-state index in [9.17, 15) is 4.79 Å². The topological polar surface area (TPSA) is 81.1 Å². The molecule has 0 fully saturated rings. The largest absolute Gasteiger partial charge is 0.348 e. The maximum absolute atomic E-state index is 10.6. The van der Waals surface area contributed by atoms with Gasteiger partial charge in [-0.15, -0.1) is 0 Å². The third-order valence-electron chi connectivity index (χ3n) is 0.684. The number of hydrazine groups is 1. The Morgan fingerprint density at radius 2 is 1.82 bits per heavy atom. The Bertz CT molecular complexity index is 126. The summed E-state index contributed by atoms with van der Waals surface area (Å²) >= 11 is 0. The number of nitrogens with two attached hydrogens (primary N) is 2. The molecule has 0 aliphatic rings. The van der Waals surface area contributed by atoms with Crippen molar-refractivity contribution in [1.82, 2.24) is 5.32 Å². The second-order valence-electron chi connectivity index (χ2n) is 2.94. The summed E-state index contributed by atoms with van der Waals surface area (Å²) in [4.78, 5) is 10.6. The van der Waals surface area contributed by atoms with Crippen LogP contribution in [0.15, 0.2) is 12.7 Å². The highest BCUT2D eigenvalue weighted by molar-refractivity contribution is 5.87. The van der Waals surface area contributed by atoms with E-state index in [1.807, 2.05) is 20.8 Å². The minimum absolute atomic E-state index is 0.123. The molecule has 11 heavy (non-hydrogen) atoms. The van der Waals surface area contributed by atoms with Crippen molar-refractivity contribution in [1.29, 1.82) is 0 Å². The molecule has 4 nitrogen and oxygen atoms in total. The van der Waals surface area contributed by atoms with Crippen molar-refractivity contribution in [2.45, 2.75) is 26.3 Å². The van der Waals surface area contributed by atoms with E-state index in [0.29, 0.717) is 0 Å². The highest BCUT2D eigenvalue weighted by Crippen LogP contribution is 1.97. The summed E-state index contributed by atoms with van der Waals surface area (Å²) in [6.45, 7) is 9.11. The van der Waals surface area contributed by atoms with Crippen LogP contribution in [0.25, 0.3) is 0 Å². The van der Waals surface area contributed by atoms with Gasteiger partial charge in [0, 0.05) is 5.54 Å².